The fraction of sp³-hybridized carbons (Fsp3) is 0.333. The molecular weight excluding hydrogens is 226 g/mol. The van der Waals surface area contributed by atoms with Crippen LogP contribution < -0.4 is 0 Å². The third-order valence-electron chi connectivity index (χ3n) is 2.67. The van der Waals surface area contributed by atoms with Crippen molar-refractivity contribution < 1.29 is 10.2 Å². The number of aromatic nitrogens is 1. The van der Waals surface area contributed by atoms with Crippen LogP contribution in [-0.4, -0.2) is 21.4 Å². The minimum Gasteiger partial charge on any atom is -0.395 e. The lowest BCUT2D eigenvalue weighted by Crippen LogP contribution is -2.00. The van der Waals surface area contributed by atoms with E-state index in [1.807, 2.05) is 22.9 Å². The van der Waals surface area contributed by atoms with E-state index in [1.165, 1.54) is 0 Å². The normalized spacial score (nSPS) is 13.2. The van der Waals surface area contributed by atoms with Gasteiger partial charge >= 0.3 is 0 Å². The van der Waals surface area contributed by atoms with Gasteiger partial charge in [0.1, 0.15) is 0 Å². The molecule has 0 aliphatic rings. The largest absolute Gasteiger partial charge is 0.395 e. The summed E-state index contributed by atoms with van der Waals surface area (Å²) in [6, 6.07) is 5.55. The topological polar surface area (TPSA) is 45.4 Å². The van der Waals surface area contributed by atoms with Crippen LogP contribution in [0.1, 0.15) is 18.6 Å². The molecule has 0 amide bonds. The van der Waals surface area contributed by atoms with Gasteiger partial charge in [-0.2, -0.15) is 0 Å². The second-order valence-corrected chi connectivity index (χ2v) is 4.28. The molecule has 0 bridgehead atoms. The van der Waals surface area contributed by atoms with E-state index in [2.05, 4.69) is 0 Å². The average molecular weight is 240 g/mol. The van der Waals surface area contributed by atoms with Crippen LogP contribution in [0.25, 0.3) is 10.9 Å². The van der Waals surface area contributed by atoms with E-state index in [0.29, 0.717) is 11.6 Å². The van der Waals surface area contributed by atoms with Crippen LogP contribution in [0.15, 0.2) is 24.4 Å². The molecule has 1 aromatic heterocycles. The Kier molecular flexibility index (Phi) is 3.19. The number of hydrogen-bond acceptors (Lipinski definition) is 2. The van der Waals surface area contributed by atoms with Crippen molar-refractivity contribution in [3.63, 3.8) is 0 Å². The van der Waals surface area contributed by atoms with E-state index in [4.69, 9.17) is 16.7 Å². The summed E-state index contributed by atoms with van der Waals surface area (Å²) in [6.07, 6.45) is 1.34. The molecule has 1 aromatic carbocycles. The SMILES string of the molecule is CC(O)c1cn(CCO)c2cc(Cl)ccc12. The molecule has 1 atom stereocenters. The molecule has 2 aromatic rings. The smallest absolute Gasteiger partial charge is 0.0782 e. The van der Waals surface area contributed by atoms with Gasteiger partial charge in [-0.1, -0.05) is 17.7 Å². The lowest BCUT2D eigenvalue weighted by atomic mass is 10.1. The molecule has 1 heterocycles. The summed E-state index contributed by atoms with van der Waals surface area (Å²) in [5, 5.41) is 20.3. The van der Waals surface area contributed by atoms with Gasteiger partial charge in [0.25, 0.3) is 0 Å². The predicted molar refractivity (Wildman–Crippen MR) is 64.7 cm³/mol. The molecule has 0 saturated carbocycles. The Hall–Kier alpha value is -1.03. The minimum absolute atomic E-state index is 0.0650. The van der Waals surface area contributed by atoms with Gasteiger partial charge < -0.3 is 14.8 Å². The number of halogens is 1. The molecule has 1 unspecified atom stereocenters. The highest BCUT2D eigenvalue weighted by Crippen LogP contribution is 2.28. The van der Waals surface area contributed by atoms with Gasteiger partial charge in [-0.3, -0.25) is 0 Å². The van der Waals surface area contributed by atoms with E-state index in [9.17, 15) is 5.11 Å². The number of rotatable bonds is 3. The summed E-state index contributed by atoms with van der Waals surface area (Å²) in [5.41, 5.74) is 1.80. The van der Waals surface area contributed by atoms with Crippen molar-refractivity contribution in [2.24, 2.45) is 0 Å². The van der Waals surface area contributed by atoms with E-state index in [1.54, 1.807) is 13.0 Å². The van der Waals surface area contributed by atoms with Crippen molar-refractivity contribution in [3.8, 4) is 0 Å². The van der Waals surface area contributed by atoms with Crippen LogP contribution >= 0.6 is 11.6 Å². The molecule has 0 fully saturated rings. The van der Waals surface area contributed by atoms with Crippen molar-refractivity contribution in [3.05, 3.63) is 35.0 Å². The molecule has 2 N–H and O–H groups in total. The monoisotopic (exact) mass is 239 g/mol. The van der Waals surface area contributed by atoms with Gasteiger partial charge in [0.15, 0.2) is 0 Å². The molecule has 0 aliphatic heterocycles. The molecule has 0 spiro atoms. The lowest BCUT2D eigenvalue weighted by Gasteiger charge is -2.01. The second-order valence-electron chi connectivity index (χ2n) is 3.84. The number of benzene rings is 1. The quantitative estimate of drug-likeness (QED) is 0.864. The summed E-state index contributed by atoms with van der Waals surface area (Å²) in [7, 11) is 0. The maximum atomic E-state index is 9.66. The first-order valence-electron chi connectivity index (χ1n) is 5.20. The molecule has 0 aliphatic carbocycles. The van der Waals surface area contributed by atoms with Gasteiger partial charge in [0.2, 0.25) is 0 Å². The van der Waals surface area contributed by atoms with E-state index < -0.39 is 6.10 Å². The summed E-state index contributed by atoms with van der Waals surface area (Å²) >= 11 is 5.94. The Morgan fingerprint density at radius 3 is 2.81 bits per heavy atom. The number of hydrogen-bond donors (Lipinski definition) is 2. The van der Waals surface area contributed by atoms with Gasteiger partial charge in [0.05, 0.1) is 12.7 Å². The average Bonchev–Trinajstić information content (AvgIpc) is 2.58. The zero-order chi connectivity index (χ0) is 11.7. The fourth-order valence-corrected chi connectivity index (χ4v) is 2.09. The third kappa shape index (κ3) is 1.94. The molecule has 86 valence electrons. The van der Waals surface area contributed by atoms with Crippen LogP contribution in [0.4, 0.5) is 0 Å². The van der Waals surface area contributed by atoms with Gasteiger partial charge in [-0.05, 0) is 19.1 Å². The van der Waals surface area contributed by atoms with Crippen molar-refractivity contribution in [1.29, 1.82) is 0 Å². The first kappa shape index (κ1) is 11.5. The summed E-state index contributed by atoms with van der Waals surface area (Å²) < 4.78 is 1.91. The molecule has 2 rings (SSSR count). The van der Waals surface area contributed by atoms with Crippen LogP contribution in [0.3, 0.4) is 0 Å². The number of aliphatic hydroxyl groups is 2. The molecule has 0 saturated heterocycles. The summed E-state index contributed by atoms with van der Waals surface area (Å²) in [4.78, 5) is 0. The second kappa shape index (κ2) is 4.45. The Morgan fingerprint density at radius 2 is 2.19 bits per heavy atom. The molecule has 16 heavy (non-hydrogen) atoms. The van der Waals surface area contributed by atoms with Crippen molar-refractivity contribution in [2.45, 2.75) is 19.6 Å². The Labute approximate surface area is 98.9 Å². The van der Waals surface area contributed by atoms with E-state index in [0.717, 1.165) is 16.5 Å². The van der Waals surface area contributed by atoms with Crippen LogP contribution in [0.5, 0.6) is 0 Å². The molecule has 0 radical (unpaired) electrons. The summed E-state index contributed by atoms with van der Waals surface area (Å²) in [5.74, 6) is 0. The Morgan fingerprint density at radius 1 is 1.44 bits per heavy atom. The molecular formula is C12H14ClNO2. The predicted octanol–water partition coefficient (Wildman–Crippen LogP) is 2.34. The van der Waals surface area contributed by atoms with Crippen molar-refractivity contribution in [2.75, 3.05) is 6.61 Å². The highest BCUT2D eigenvalue weighted by Gasteiger charge is 2.12. The first-order chi connectivity index (χ1) is 7.63. The van der Waals surface area contributed by atoms with Gasteiger partial charge in [-0.15, -0.1) is 0 Å². The number of aliphatic hydroxyl groups excluding tert-OH is 2. The highest BCUT2D eigenvalue weighted by molar-refractivity contribution is 6.31. The zero-order valence-electron chi connectivity index (χ0n) is 9.02. The van der Waals surface area contributed by atoms with Crippen LogP contribution in [-0.2, 0) is 6.54 Å². The molecule has 3 nitrogen and oxygen atoms in total. The highest BCUT2D eigenvalue weighted by atomic mass is 35.5. The zero-order valence-corrected chi connectivity index (χ0v) is 9.78. The van der Waals surface area contributed by atoms with Crippen LogP contribution in [0, 0.1) is 0 Å². The standard InChI is InChI=1S/C12H14ClNO2/c1-8(16)11-7-14(4-5-15)12-6-9(13)2-3-10(11)12/h2-3,6-8,15-16H,4-5H2,1H3. The summed E-state index contributed by atoms with van der Waals surface area (Å²) in [6.45, 7) is 2.30. The van der Waals surface area contributed by atoms with Crippen LogP contribution in [0.2, 0.25) is 5.02 Å². The number of nitrogens with zero attached hydrogens (tertiary/aromatic N) is 1. The van der Waals surface area contributed by atoms with Crippen molar-refractivity contribution >= 4 is 22.5 Å². The lowest BCUT2D eigenvalue weighted by molar-refractivity contribution is 0.200. The Balaban J connectivity index is 2.66. The van der Waals surface area contributed by atoms with Crippen molar-refractivity contribution in [1.82, 2.24) is 4.57 Å². The first-order valence-corrected chi connectivity index (χ1v) is 5.58. The van der Waals surface area contributed by atoms with Gasteiger partial charge in [0, 0.05) is 34.2 Å². The third-order valence-corrected chi connectivity index (χ3v) is 2.90. The molecule has 4 heteroatoms. The fourth-order valence-electron chi connectivity index (χ4n) is 1.92. The van der Waals surface area contributed by atoms with E-state index >= 15 is 0 Å². The van der Waals surface area contributed by atoms with E-state index in [-0.39, 0.29) is 6.61 Å². The maximum absolute atomic E-state index is 9.66. The van der Waals surface area contributed by atoms with Gasteiger partial charge in [-0.25, -0.2) is 0 Å². The minimum atomic E-state index is -0.524. The Bertz CT molecular complexity index is 505. The maximum Gasteiger partial charge on any atom is 0.0782 e. The number of fused-ring (bicyclic) bond motifs is 1.